The van der Waals surface area contributed by atoms with E-state index in [1.807, 2.05) is 11.8 Å². The molecule has 2 rings (SSSR count). The Morgan fingerprint density at radius 2 is 2.12 bits per heavy atom. The summed E-state index contributed by atoms with van der Waals surface area (Å²) < 4.78 is 0. The first-order chi connectivity index (χ1) is 7.99. The number of aromatic amines is 1. The Hall–Kier alpha value is -0.620. The van der Waals surface area contributed by atoms with Crippen LogP contribution < -0.4 is 5.56 Å². The first-order valence-corrected chi connectivity index (χ1v) is 7.55. The smallest absolute Gasteiger partial charge is 0.257 e. The van der Waals surface area contributed by atoms with Crippen LogP contribution in [-0.2, 0) is 0 Å². The topological polar surface area (TPSA) is 66.0 Å². The van der Waals surface area contributed by atoms with Crippen LogP contribution in [0, 0.1) is 6.92 Å². The van der Waals surface area contributed by atoms with E-state index < -0.39 is 0 Å². The van der Waals surface area contributed by atoms with Crippen molar-refractivity contribution in [3.8, 4) is 5.88 Å². The summed E-state index contributed by atoms with van der Waals surface area (Å²) >= 11 is 3.69. The standard InChI is InChI=1S/C11H16N2O2S2/c1-5-10(14)12-9(13-11(5)15)8-4-16-6(2)7(3)17-8/h6-8H,4H2,1-3H3,(H2,12,13,14,15). The van der Waals surface area contributed by atoms with Gasteiger partial charge in [0.25, 0.3) is 5.56 Å². The van der Waals surface area contributed by atoms with Crippen LogP contribution in [0.1, 0.15) is 30.5 Å². The molecule has 4 nitrogen and oxygen atoms in total. The number of nitrogens with one attached hydrogen (secondary N) is 1. The Balaban J connectivity index is 2.26. The van der Waals surface area contributed by atoms with E-state index >= 15 is 0 Å². The molecule has 0 bridgehead atoms. The van der Waals surface area contributed by atoms with Gasteiger partial charge in [0.15, 0.2) is 0 Å². The van der Waals surface area contributed by atoms with Crippen molar-refractivity contribution in [1.82, 2.24) is 9.97 Å². The third kappa shape index (κ3) is 2.63. The van der Waals surface area contributed by atoms with Crippen LogP contribution in [0.25, 0.3) is 0 Å². The number of hydrogen-bond donors (Lipinski definition) is 2. The number of nitrogens with zero attached hydrogens (tertiary/aromatic N) is 1. The van der Waals surface area contributed by atoms with Gasteiger partial charge in [-0.25, -0.2) is 0 Å². The summed E-state index contributed by atoms with van der Waals surface area (Å²) in [6.07, 6.45) is 0. The normalized spacial score (nSPS) is 29.2. The Morgan fingerprint density at radius 3 is 2.71 bits per heavy atom. The maximum Gasteiger partial charge on any atom is 0.257 e. The summed E-state index contributed by atoms with van der Waals surface area (Å²) in [5, 5.41) is 10.9. The van der Waals surface area contributed by atoms with Crippen molar-refractivity contribution in [3.63, 3.8) is 0 Å². The van der Waals surface area contributed by atoms with Gasteiger partial charge in [-0.05, 0) is 6.92 Å². The van der Waals surface area contributed by atoms with Crippen LogP contribution in [0.15, 0.2) is 4.79 Å². The van der Waals surface area contributed by atoms with Crippen LogP contribution >= 0.6 is 23.5 Å². The maximum absolute atomic E-state index is 11.6. The van der Waals surface area contributed by atoms with Crippen molar-refractivity contribution in [2.75, 3.05) is 5.75 Å². The monoisotopic (exact) mass is 272 g/mol. The molecular weight excluding hydrogens is 256 g/mol. The first-order valence-electron chi connectivity index (χ1n) is 5.56. The van der Waals surface area contributed by atoms with Crippen LogP contribution in [0.4, 0.5) is 0 Å². The Labute approximate surface area is 109 Å². The molecule has 1 aromatic heterocycles. The molecule has 0 saturated carbocycles. The van der Waals surface area contributed by atoms with Crippen molar-refractivity contribution in [2.45, 2.75) is 36.5 Å². The number of thioether (sulfide) groups is 2. The van der Waals surface area contributed by atoms with Crippen LogP contribution in [-0.4, -0.2) is 31.3 Å². The lowest BCUT2D eigenvalue weighted by atomic mass is 10.3. The van der Waals surface area contributed by atoms with Gasteiger partial charge in [0.05, 0.1) is 10.8 Å². The molecule has 0 amide bonds. The summed E-state index contributed by atoms with van der Waals surface area (Å²) in [5.74, 6) is 1.36. The van der Waals surface area contributed by atoms with Crippen molar-refractivity contribution < 1.29 is 5.11 Å². The fourth-order valence-corrected chi connectivity index (χ4v) is 4.48. The van der Waals surface area contributed by atoms with Gasteiger partial charge in [0.1, 0.15) is 5.82 Å². The highest BCUT2D eigenvalue weighted by atomic mass is 32.2. The summed E-state index contributed by atoms with van der Waals surface area (Å²) in [6, 6.07) is 0. The van der Waals surface area contributed by atoms with Gasteiger partial charge in [0.2, 0.25) is 5.88 Å². The molecule has 1 fully saturated rings. The van der Waals surface area contributed by atoms with Gasteiger partial charge in [0, 0.05) is 16.3 Å². The summed E-state index contributed by atoms with van der Waals surface area (Å²) in [7, 11) is 0. The van der Waals surface area contributed by atoms with E-state index in [4.69, 9.17) is 0 Å². The molecule has 94 valence electrons. The summed E-state index contributed by atoms with van der Waals surface area (Å²) in [5.41, 5.74) is 0.0352. The van der Waals surface area contributed by atoms with E-state index in [-0.39, 0.29) is 22.3 Å². The second-order valence-corrected chi connectivity index (χ2v) is 7.26. The average molecular weight is 272 g/mol. The molecule has 3 unspecified atom stereocenters. The molecule has 1 saturated heterocycles. The third-order valence-corrected chi connectivity index (χ3v) is 6.40. The molecule has 1 aromatic rings. The fraction of sp³-hybridized carbons (Fsp3) is 0.636. The number of H-pyrrole nitrogens is 1. The van der Waals surface area contributed by atoms with E-state index in [9.17, 15) is 9.90 Å². The molecule has 2 heterocycles. The first kappa shape index (κ1) is 12.8. The lowest BCUT2D eigenvalue weighted by molar-refractivity contribution is 0.442. The van der Waals surface area contributed by atoms with Crippen LogP contribution in [0.3, 0.4) is 0 Å². The van der Waals surface area contributed by atoms with Crippen LogP contribution in [0.2, 0.25) is 0 Å². The molecule has 0 aromatic carbocycles. The van der Waals surface area contributed by atoms with Gasteiger partial charge < -0.3 is 10.1 Å². The second kappa shape index (κ2) is 4.94. The fourth-order valence-electron chi connectivity index (χ4n) is 1.62. The molecule has 1 aliphatic heterocycles. The van der Waals surface area contributed by atoms with Gasteiger partial charge in [-0.15, -0.1) is 11.8 Å². The van der Waals surface area contributed by atoms with Crippen molar-refractivity contribution in [3.05, 3.63) is 21.7 Å². The van der Waals surface area contributed by atoms with Crippen LogP contribution in [0.5, 0.6) is 5.88 Å². The highest BCUT2D eigenvalue weighted by molar-refractivity contribution is 8.07. The van der Waals surface area contributed by atoms with E-state index in [1.165, 1.54) is 0 Å². The van der Waals surface area contributed by atoms with E-state index in [2.05, 4.69) is 23.8 Å². The highest BCUT2D eigenvalue weighted by Gasteiger charge is 2.28. The average Bonchev–Trinajstić information content (AvgIpc) is 2.29. The second-order valence-electron chi connectivity index (χ2n) is 4.27. The Bertz CT molecular complexity index is 475. The maximum atomic E-state index is 11.6. The largest absolute Gasteiger partial charge is 0.493 e. The van der Waals surface area contributed by atoms with E-state index in [0.29, 0.717) is 16.3 Å². The summed E-state index contributed by atoms with van der Waals surface area (Å²) in [4.78, 5) is 18.4. The van der Waals surface area contributed by atoms with Gasteiger partial charge in [-0.2, -0.15) is 16.7 Å². The predicted molar refractivity (Wildman–Crippen MR) is 73.0 cm³/mol. The molecule has 3 atom stereocenters. The molecule has 0 aliphatic carbocycles. The quantitative estimate of drug-likeness (QED) is 0.819. The molecular formula is C11H16N2O2S2. The molecule has 0 spiro atoms. The lowest BCUT2D eigenvalue weighted by Gasteiger charge is -2.30. The number of rotatable bonds is 1. The van der Waals surface area contributed by atoms with Crippen molar-refractivity contribution in [1.29, 1.82) is 0 Å². The van der Waals surface area contributed by atoms with Gasteiger partial charge in [-0.3, -0.25) is 4.79 Å². The minimum absolute atomic E-state index is 0.152. The van der Waals surface area contributed by atoms with E-state index in [0.717, 1.165) is 5.75 Å². The SMILES string of the molecule is Cc1c(O)nc(C2CSC(C)C(C)S2)[nH]c1=O. The van der Waals surface area contributed by atoms with Gasteiger partial charge in [-0.1, -0.05) is 13.8 Å². The van der Waals surface area contributed by atoms with Crippen molar-refractivity contribution in [2.24, 2.45) is 0 Å². The minimum atomic E-state index is -0.246. The molecule has 1 aliphatic rings. The zero-order valence-corrected chi connectivity index (χ0v) is 11.7. The Morgan fingerprint density at radius 1 is 1.41 bits per heavy atom. The number of aromatic nitrogens is 2. The molecule has 2 N–H and O–H groups in total. The van der Waals surface area contributed by atoms with E-state index in [1.54, 1.807) is 18.7 Å². The predicted octanol–water partition coefficient (Wildman–Crippen LogP) is 2.08. The molecule has 0 radical (unpaired) electrons. The zero-order valence-electron chi connectivity index (χ0n) is 10.1. The van der Waals surface area contributed by atoms with Gasteiger partial charge >= 0.3 is 0 Å². The summed E-state index contributed by atoms with van der Waals surface area (Å²) in [6.45, 7) is 5.96. The number of aromatic hydroxyl groups is 1. The molecule has 6 heteroatoms. The number of hydrogen-bond acceptors (Lipinski definition) is 5. The zero-order chi connectivity index (χ0) is 12.6. The van der Waals surface area contributed by atoms with Crippen molar-refractivity contribution >= 4 is 23.5 Å². The minimum Gasteiger partial charge on any atom is -0.493 e. The Kier molecular flexibility index (Phi) is 3.73. The molecule has 17 heavy (non-hydrogen) atoms. The lowest BCUT2D eigenvalue weighted by Crippen LogP contribution is -2.25. The third-order valence-electron chi connectivity index (χ3n) is 3.00. The highest BCUT2D eigenvalue weighted by Crippen LogP contribution is 2.43.